The first-order valence-electron chi connectivity index (χ1n) is 6.50. The van der Waals surface area contributed by atoms with Crippen molar-refractivity contribution in [2.24, 2.45) is 5.92 Å². The smallest absolute Gasteiger partial charge is 0.218 e. The monoisotopic (exact) mass is 251 g/mol. The highest BCUT2D eigenvalue weighted by atomic mass is 16.5. The fourth-order valence-electron chi connectivity index (χ4n) is 1.44. The average molecular weight is 251 g/mol. The van der Waals surface area contributed by atoms with Crippen LogP contribution in [-0.4, -0.2) is 23.6 Å². The van der Waals surface area contributed by atoms with Gasteiger partial charge in [-0.1, -0.05) is 34.6 Å². The van der Waals surface area contributed by atoms with E-state index >= 15 is 0 Å². The summed E-state index contributed by atoms with van der Waals surface area (Å²) in [4.78, 5) is 8.94. The molecule has 0 saturated carbocycles. The Morgan fingerprint density at radius 2 is 1.94 bits per heavy atom. The number of hydrogen-bond acceptors (Lipinski definition) is 4. The predicted octanol–water partition coefficient (Wildman–Crippen LogP) is 3.24. The summed E-state index contributed by atoms with van der Waals surface area (Å²) in [5.41, 5.74) is -0.0803. The van der Waals surface area contributed by atoms with Crippen molar-refractivity contribution < 1.29 is 4.74 Å². The number of anilines is 1. The number of methoxy groups -OCH3 is 1. The number of ether oxygens (including phenoxy) is 1. The summed E-state index contributed by atoms with van der Waals surface area (Å²) >= 11 is 0. The SMILES string of the molecule is COc1cc(NCCC(C)C)nc(C(C)(C)C)n1. The Balaban J connectivity index is 2.84. The first-order chi connectivity index (χ1) is 8.32. The third kappa shape index (κ3) is 4.51. The lowest BCUT2D eigenvalue weighted by Gasteiger charge is -2.18. The second kappa shape index (κ2) is 6.03. The number of rotatable bonds is 5. The normalized spacial score (nSPS) is 11.7. The van der Waals surface area contributed by atoms with Crippen LogP contribution in [-0.2, 0) is 5.41 Å². The molecule has 0 amide bonds. The maximum atomic E-state index is 5.23. The van der Waals surface area contributed by atoms with Crippen LogP contribution in [0.25, 0.3) is 0 Å². The zero-order valence-corrected chi connectivity index (χ0v) is 12.4. The summed E-state index contributed by atoms with van der Waals surface area (Å²) < 4.78 is 5.23. The average Bonchev–Trinajstić information content (AvgIpc) is 2.27. The lowest BCUT2D eigenvalue weighted by Crippen LogP contribution is -2.18. The third-order valence-electron chi connectivity index (χ3n) is 2.61. The van der Waals surface area contributed by atoms with E-state index in [1.54, 1.807) is 7.11 Å². The molecule has 1 N–H and O–H groups in total. The Morgan fingerprint density at radius 3 is 2.44 bits per heavy atom. The topological polar surface area (TPSA) is 47.0 Å². The molecule has 0 saturated heterocycles. The van der Waals surface area contributed by atoms with Gasteiger partial charge in [0.15, 0.2) is 0 Å². The molecule has 0 aliphatic heterocycles. The molecule has 0 aliphatic carbocycles. The fraction of sp³-hybridized carbons (Fsp3) is 0.714. The molecule has 0 bridgehead atoms. The van der Waals surface area contributed by atoms with E-state index in [-0.39, 0.29) is 5.41 Å². The largest absolute Gasteiger partial charge is 0.481 e. The standard InChI is InChI=1S/C14H25N3O/c1-10(2)7-8-15-11-9-12(18-6)17-13(16-11)14(3,4)5/h9-10H,7-8H2,1-6H3,(H,15,16,17). The molecule has 4 heteroatoms. The van der Waals surface area contributed by atoms with Crippen LogP contribution in [0.2, 0.25) is 0 Å². The summed E-state index contributed by atoms with van der Waals surface area (Å²) in [7, 11) is 1.63. The maximum absolute atomic E-state index is 5.23. The van der Waals surface area contributed by atoms with Gasteiger partial charge >= 0.3 is 0 Å². The molecular weight excluding hydrogens is 226 g/mol. The van der Waals surface area contributed by atoms with Gasteiger partial charge in [-0.05, 0) is 12.3 Å². The van der Waals surface area contributed by atoms with E-state index in [1.165, 1.54) is 0 Å². The first kappa shape index (κ1) is 14.7. The second-order valence-electron chi connectivity index (χ2n) is 5.98. The molecule has 0 spiro atoms. The summed E-state index contributed by atoms with van der Waals surface area (Å²) in [6, 6.07) is 1.84. The van der Waals surface area contributed by atoms with Crippen molar-refractivity contribution in [3.63, 3.8) is 0 Å². The first-order valence-corrected chi connectivity index (χ1v) is 6.50. The number of nitrogens with zero attached hydrogens (tertiary/aromatic N) is 2. The lowest BCUT2D eigenvalue weighted by molar-refractivity contribution is 0.389. The van der Waals surface area contributed by atoms with E-state index in [0.29, 0.717) is 11.8 Å². The molecule has 102 valence electrons. The fourth-order valence-corrected chi connectivity index (χ4v) is 1.44. The highest BCUT2D eigenvalue weighted by Crippen LogP contribution is 2.23. The van der Waals surface area contributed by atoms with Gasteiger partial charge in [-0.2, -0.15) is 4.98 Å². The Kier molecular flexibility index (Phi) is 4.93. The van der Waals surface area contributed by atoms with Crippen LogP contribution in [0, 0.1) is 5.92 Å². The number of hydrogen-bond donors (Lipinski definition) is 1. The van der Waals surface area contributed by atoms with Crippen molar-refractivity contribution in [3.05, 3.63) is 11.9 Å². The molecule has 1 rings (SSSR count). The van der Waals surface area contributed by atoms with Gasteiger partial charge in [0.05, 0.1) is 7.11 Å². The quantitative estimate of drug-likeness (QED) is 0.872. The van der Waals surface area contributed by atoms with E-state index in [0.717, 1.165) is 24.6 Å². The highest BCUT2D eigenvalue weighted by molar-refractivity contribution is 5.39. The third-order valence-corrected chi connectivity index (χ3v) is 2.61. The summed E-state index contributed by atoms with van der Waals surface area (Å²) in [6.45, 7) is 11.6. The minimum Gasteiger partial charge on any atom is -0.481 e. The molecule has 1 aromatic rings. The van der Waals surface area contributed by atoms with Crippen LogP contribution in [0.4, 0.5) is 5.82 Å². The molecule has 0 radical (unpaired) electrons. The van der Waals surface area contributed by atoms with Crippen molar-refractivity contribution in [1.82, 2.24) is 9.97 Å². The van der Waals surface area contributed by atoms with Crippen LogP contribution in [0.15, 0.2) is 6.07 Å². The highest BCUT2D eigenvalue weighted by Gasteiger charge is 2.19. The minimum absolute atomic E-state index is 0.0803. The van der Waals surface area contributed by atoms with Crippen LogP contribution < -0.4 is 10.1 Å². The molecular formula is C14H25N3O. The van der Waals surface area contributed by atoms with Crippen molar-refractivity contribution in [2.45, 2.75) is 46.5 Å². The lowest BCUT2D eigenvalue weighted by atomic mass is 9.96. The number of aromatic nitrogens is 2. The Labute approximate surface area is 110 Å². The molecule has 0 unspecified atom stereocenters. The predicted molar refractivity (Wildman–Crippen MR) is 75.2 cm³/mol. The number of nitrogens with one attached hydrogen (secondary N) is 1. The van der Waals surface area contributed by atoms with Gasteiger partial charge in [0.2, 0.25) is 5.88 Å². The molecule has 1 aromatic heterocycles. The van der Waals surface area contributed by atoms with Crippen LogP contribution in [0.5, 0.6) is 5.88 Å². The van der Waals surface area contributed by atoms with Crippen molar-refractivity contribution >= 4 is 5.82 Å². The molecule has 0 fully saturated rings. The van der Waals surface area contributed by atoms with Crippen molar-refractivity contribution in [2.75, 3.05) is 19.0 Å². The molecule has 18 heavy (non-hydrogen) atoms. The van der Waals surface area contributed by atoms with E-state index in [9.17, 15) is 0 Å². The molecule has 0 atom stereocenters. The molecule has 0 aromatic carbocycles. The van der Waals surface area contributed by atoms with Crippen molar-refractivity contribution in [1.29, 1.82) is 0 Å². The summed E-state index contributed by atoms with van der Waals surface area (Å²) in [5, 5.41) is 3.33. The van der Waals surface area contributed by atoms with Gasteiger partial charge in [0.1, 0.15) is 11.6 Å². The van der Waals surface area contributed by atoms with Crippen LogP contribution in [0.3, 0.4) is 0 Å². The maximum Gasteiger partial charge on any atom is 0.218 e. The zero-order valence-electron chi connectivity index (χ0n) is 12.4. The molecule has 1 heterocycles. The zero-order chi connectivity index (χ0) is 13.8. The Morgan fingerprint density at radius 1 is 1.28 bits per heavy atom. The van der Waals surface area contributed by atoms with Gasteiger partial charge in [-0.15, -0.1) is 0 Å². The van der Waals surface area contributed by atoms with Crippen LogP contribution in [0.1, 0.15) is 46.9 Å². The van der Waals surface area contributed by atoms with Gasteiger partial charge in [-0.3, -0.25) is 0 Å². The Bertz CT molecular complexity index is 383. The van der Waals surface area contributed by atoms with E-state index in [4.69, 9.17) is 4.74 Å². The van der Waals surface area contributed by atoms with E-state index in [1.807, 2.05) is 6.07 Å². The molecule has 4 nitrogen and oxygen atoms in total. The van der Waals surface area contributed by atoms with E-state index < -0.39 is 0 Å². The summed E-state index contributed by atoms with van der Waals surface area (Å²) in [5.74, 6) is 2.94. The Hall–Kier alpha value is -1.32. The van der Waals surface area contributed by atoms with Crippen molar-refractivity contribution in [3.8, 4) is 5.88 Å². The van der Waals surface area contributed by atoms with E-state index in [2.05, 4.69) is 49.9 Å². The van der Waals surface area contributed by atoms with Gasteiger partial charge in [-0.25, -0.2) is 4.98 Å². The van der Waals surface area contributed by atoms with Gasteiger partial charge < -0.3 is 10.1 Å². The van der Waals surface area contributed by atoms with Gasteiger partial charge in [0, 0.05) is 18.0 Å². The van der Waals surface area contributed by atoms with Crippen LogP contribution >= 0.6 is 0 Å². The summed E-state index contributed by atoms with van der Waals surface area (Å²) in [6.07, 6.45) is 1.12. The second-order valence-corrected chi connectivity index (χ2v) is 5.98. The minimum atomic E-state index is -0.0803. The van der Waals surface area contributed by atoms with Gasteiger partial charge in [0.25, 0.3) is 0 Å². The molecule has 0 aliphatic rings.